The minimum atomic E-state index is -0.806. The Morgan fingerprint density at radius 2 is 1.48 bits per heavy atom. The molecule has 1 aliphatic rings. The van der Waals surface area contributed by atoms with Crippen molar-refractivity contribution in [3.63, 3.8) is 0 Å². The fourth-order valence-corrected chi connectivity index (χ4v) is 2.50. The van der Waals surface area contributed by atoms with E-state index in [1.54, 1.807) is 6.08 Å². The molecular weight excluding hydrogens is 372 g/mol. The number of benzene rings is 2. The quantitative estimate of drug-likeness (QED) is 0.578. The second-order valence-corrected chi connectivity index (χ2v) is 5.81. The van der Waals surface area contributed by atoms with Crippen LogP contribution >= 0.6 is 0 Å². The Morgan fingerprint density at radius 3 is 2.07 bits per heavy atom. The molecule has 29 heavy (non-hydrogen) atoms. The first-order valence-electron chi connectivity index (χ1n) is 8.66. The number of hydrogen-bond acceptors (Lipinski definition) is 7. The van der Waals surface area contributed by atoms with Gasteiger partial charge in [0.05, 0.1) is 19.9 Å². The standard InChI is InChI=1S/C22H18N2O5/c1-27-20(25)13-17(22(26)28-2)21-24-23-18(15-9-5-3-6-10-15)14-19(29-21)16-11-7-4-8-12-16/h3-14H,1-2H3/b17-13-. The van der Waals surface area contributed by atoms with E-state index in [1.807, 2.05) is 60.7 Å². The highest BCUT2D eigenvalue weighted by atomic mass is 16.5. The molecule has 0 atom stereocenters. The molecular formula is C22H18N2O5. The average molecular weight is 390 g/mol. The highest BCUT2D eigenvalue weighted by molar-refractivity contribution is 6.22. The maximum Gasteiger partial charge on any atom is 0.343 e. The number of allylic oxidation sites excluding steroid dienone is 1. The molecule has 7 nitrogen and oxygen atoms in total. The normalized spacial score (nSPS) is 13.9. The van der Waals surface area contributed by atoms with Crippen molar-refractivity contribution in [1.29, 1.82) is 0 Å². The van der Waals surface area contributed by atoms with Crippen LogP contribution in [-0.2, 0) is 23.8 Å². The molecule has 0 spiro atoms. The first kappa shape index (κ1) is 19.8. The van der Waals surface area contributed by atoms with Crippen LogP contribution in [0.1, 0.15) is 11.1 Å². The summed E-state index contributed by atoms with van der Waals surface area (Å²) in [5.74, 6) is -1.33. The van der Waals surface area contributed by atoms with E-state index in [1.165, 1.54) is 14.2 Å². The zero-order valence-electron chi connectivity index (χ0n) is 15.9. The molecule has 0 amide bonds. The van der Waals surface area contributed by atoms with Crippen LogP contribution in [0.25, 0.3) is 5.76 Å². The molecule has 0 bridgehead atoms. The molecule has 0 fully saturated rings. The first-order chi connectivity index (χ1) is 14.1. The van der Waals surface area contributed by atoms with Crippen LogP contribution in [0.5, 0.6) is 0 Å². The molecule has 2 aromatic carbocycles. The smallest absolute Gasteiger partial charge is 0.343 e. The summed E-state index contributed by atoms with van der Waals surface area (Å²) in [6, 6.07) is 18.7. The van der Waals surface area contributed by atoms with E-state index in [0.717, 1.165) is 17.2 Å². The number of methoxy groups -OCH3 is 2. The highest BCUT2D eigenvalue weighted by Crippen LogP contribution is 2.23. The Hall–Kier alpha value is -4.00. The Balaban J connectivity index is 2.13. The van der Waals surface area contributed by atoms with Crippen LogP contribution in [-0.4, -0.2) is 37.8 Å². The van der Waals surface area contributed by atoms with Crippen LogP contribution in [0, 0.1) is 0 Å². The Kier molecular flexibility index (Phi) is 6.32. The van der Waals surface area contributed by atoms with Crippen LogP contribution < -0.4 is 0 Å². The van der Waals surface area contributed by atoms with Gasteiger partial charge in [-0.25, -0.2) is 9.59 Å². The topological polar surface area (TPSA) is 86.6 Å². The number of ether oxygens (including phenoxy) is 3. The van der Waals surface area contributed by atoms with Crippen molar-refractivity contribution >= 4 is 29.3 Å². The first-order valence-corrected chi connectivity index (χ1v) is 8.66. The fraction of sp³-hybridized carbons (Fsp3) is 0.0909. The maximum absolute atomic E-state index is 12.2. The molecule has 1 heterocycles. The van der Waals surface area contributed by atoms with E-state index in [4.69, 9.17) is 9.47 Å². The number of esters is 2. The van der Waals surface area contributed by atoms with Crippen molar-refractivity contribution in [2.75, 3.05) is 14.2 Å². The predicted octanol–water partition coefficient (Wildman–Crippen LogP) is 3.13. The molecule has 7 heteroatoms. The maximum atomic E-state index is 12.2. The zero-order chi connectivity index (χ0) is 20.6. The number of nitrogens with zero attached hydrogens (tertiary/aromatic N) is 2. The third kappa shape index (κ3) is 4.84. The van der Waals surface area contributed by atoms with Crippen molar-refractivity contribution in [1.82, 2.24) is 0 Å². The van der Waals surface area contributed by atoms with Gasteiger partial charge in [-0.1, -0.05) is 60.7 Å². The zero-order valence-corrected chi connectivity index (χ0v) is 15.9. The van der Waals surface area contributed by atoms with Gasteiger partial charge in [-0.15, -0.1) is 10.2 Å². The molecule has 0 unspecified atom stereocenters. The molecule has 2 aromatic rings. The van der Waals surface area contributed by atoms with E-state index < -0.39 is 11.9 Å². The minimum Gasteiger partial charge on any atom is -0.466 e. The van der Waals surface area contributed by atoms with Gasteiger partial charge in [-0.2, -0.15) is 0 Å². The molecule has 0 radical (unpaired) electrons. The molecule has 3 rings (SSSR count). The molecule has 0 aromatic heterocycles. The lowest BCUT2D eigenvalue weighted by molar-refractivity contribution is -0.138. The van der Waals surface area contributed by atoms with Crippen LogP contribution in [0.3, 0.4) is 0 Å². The summed E-state index contributed by atoms with van der Waals surface area (Å²) in [6.07, 6.45) is 2.67. The monoisotopic (exact) mass is 390 g/mol. The summed E-state index contributed by atoms with van der Waals surface area (Å²) in [4.78, 5) is 24.0. The van der Waals surface area contributed by atoms with Gasteiger partial charge < -0.3 is 14.2 Å². The number of carbonyl (C=O) groups excluding carboxylic acids is 2. The molecule has 0 saturated carbocycles. The van der Waals surface area contributed by atoms with Crippen molar-refractivity contribution in [2.24, 2.45) is 10.2 Å². The van der Waals surface area contributed by atoms with Crippen molar-refractivity contribution in [3.05, 3.63) is 89.5 Å². The van der Waals surface area contributed by atoms with Gasteiger partial charge >= 0.3 is 11.9 Å². The summed E-state index contributed by atoms with van der Waals surface area (Å²) < 4.78 is 15.3. The second kappa shape index (κ2) is 9.27. The lowest BCUT2D eigenvalue weighted by Crippen LogP contribution is -2.18. The molecule has 0 N–H and O–H groups in total. The third-order valence-corrected chi connectivity index (χ3v) is 3.95. The minimum absolute atomic E-state index is 0.178. The van der Waals surface area contributed by atoms with Gasteiger partial charge in [-0.3, -0.25) is 0 Å². The van der Waals surface area contributed by atoms with E-state index in [9.17, 15) is 9.59 Å². The van der Waals surface area contributed by atoms with Crippen molar-refractivity contribution in [3.8, 4) is 0 Å². The van der Waals surface area contributed by atoms with Gasteiger partial charge in [0.1, 0.15) is 11.3 Å². The predicted molar refractivity (Wildman–Crippen MR) is 108 cm³/mol. The number of hydrogen-bond donors (Lipinski definition) is 0. The lowest BCUT2D eigenvalue weighted by Gasteiger charge is -2.12. The van der Waals surface area contributed by atoms with E-state index in [0.29, 0.717) is 11.5 Å². The van der Waals surface area contributed by atoms with Crippen molar-refractivity contribution < 1.29 is 23.8 Å². The van der Waals surface area contributed by atoms with E-state index in [2.05, 4.69) is 14.9 Å². The number of carbonyl (C=O) groups is 2. The Bertz CT molecular complexity index is 1020. The third-order valence-electron chi connectivity index (χ3n) is 3.95. The van der Waals surface area contributed by atoms with Crippen LogP contribution in [0.2, 0.25) is 0 Å². The van der Waals surface area contributed by atoms with Crippen molar-refractivity contribution in [2.45, 2.75) is 0 Å². The molecule has 0 aliphatic carbocycles. The summed E-state index contributed by atoms with van der Waals surface area (Å²) >= 11 is 0. The van der Waals surface area contributed by atoms with Gasteiger partial charge in [0.15, 0.2) is 0 Å². The highest BCUT2D eigenvalue weighted by Gasteiger charge is 2.24. The van der Waals surface area contributed by atoms with Gasteiger partial charge in [0, 0.05) is 23.3 Å². The number of rotatable bonds is 5. The van der Waals surface area contributed by atoms with Gasteiger partial charge in [0.2, 0.25) is 0 Å². The molecule has 0 saturated heterocycles. The van der Waals surface area contributed by atoms with E-state index in [-0.39, 0.29) is 11.5 Å². The van der Waals surface area contributed by atoms with Crippen LogP contribution in [0.15, 0.2) is 88.6 Å². The largest absolute Gasteiger partial charge is 0.466 e. The molecule has 146 valence electrons. The fourth-order valence-electron chi connectivity index (χ4n) is 2.50. The van der Waals surface area contributed by atoms with Gasteiger partial charge in [0.25, 0.3) is 5.90 Å². The SMILES string of the molecule is COC(=O)/C=C(\C(=O)OC)C1=NN=C(c2ccccc2)C=C(c2ccccc2)O1. The molecule has 1 aliphatic heterocycles. The lowest BCUT2D eigenvalue weighted by atomic mass is 10.1. The average Bonchev–Trinajstić information content (AvgIpc) is 3.01. The van der Waals surface area contributed by atoms with E-state index >= 15 is 0 Å². The Morgan fingerprint density at radius 1 is 0.862 bits per heavy atom. The summed E-state index contributed by atoms with van der Waals surface area (Å²) in [6.45, 7) is 0. The summed E-state index contributed by atoms with van der Waals surface area (Å²) in [5.41, 5.74) is 1.88. The summed E-state index contributed by atoms with van der Waals surface area (Å²) in [5, 5.41) is 8.29. The summed E-state index contributed by atoms with van der Waals surface area (Å²) in [7, 11) is 2.39. The van der Waals surface area contributed by atoms with Gasteiger partial charge in [-0.05, 0) is 0 Å². The second-order valence-electron chi connectivity index (χ2n) is 5.81. The van der Waals surface area contributed by atoms with Crippen LogP contribution in [0.4, 0.5) is 0 Å². The Labute approximate surface area is 167 Å².